The number of benzene rings is 3. The highest BCUT2D eigenvalue weighted by molar-refractivity contribution is 7.89. The van der Waals surface area contributed by atoms with E-state index in [4.69, 9.17) is 0 Å². The molecule has 7 nitrogen and oxygen atoms in total. The number of amides is 1. The maximum absolute atomic E-state index is 13.2. The molecule has 1 aromatic heterocycles. The van der Waals surface area contributed by atoms with Gasteiger partial charge in [0.2, 0.25) is 10.0 Å². The van der Waals surface area contributed by atoms with Crippen molar-refractivity contribution < 1.29 is 17.6 Å². The van der Waals surface area contributed by atoms with Crippen LogP contribution in [-0.2, 0) is 16.6 Å². The van der Waals surface area contributed by atoms with Gasteiger partial charge < -0.3 is 5.32 Å². The van der Waals surface area contributed by atoms with Crippen molar-refractivity contribution in [1.82, 2.24) is 19.8 Å². The molecule has 0 unspecified atom stereocenters. The minimum atomic E-state index is -3.56. The second kappa shape index (κ2) is 8.29. The first-order valence-electron chi connectivity index (χ1n) is 9.42. The Kier molecular flexibility index (Phi) is 5.53. The number of carbonyl (C=O) groups excluding carboxylic acids is 1. The summed E-state index contributed by atoms with van der Waals surface area (Å²) in [7, 11) is -2.22. The largest absolute Gasteiger partial charge is 0.348 e. The summed E-state index contributed by atoms with van der Waals surface area (Å²) in [5.41, 5.74) is 2.47. The molecule has 1 heterocycles. The number of hydrogen-bond donors (Lipinski definition) is 2. The van der Waals surface area contributed by atoms with E-state index in [1.165, 1.54) is 31.3 Å². The summed E-state index contributed by atoms with van der Waals surface area (Å²) in [6.45, 7) is 0.161. The number of carbonyl (C=O) groups is 1. The lowest BCUT2D eigenvalue weighted by molar-refractivity contribution is 0.0952. The highest BCUT2D eigenvalue weighted by Crippen LogP contribution is 2.22. The van der Waals surface area contributed by atoms with Gasteiger partial charge in [0.1, 0.15) is 5.82 Å². The highest BCUT2D eigenvalue weighted by atomic mass is 32.2. The normalized spacial score (nSPS) is 11.5. The van der Waals surface area contributed by atoms with E-state index >= 15 is 0 Å². The van der Waals surface area contributed by atoms with Crippen LogP contribution in [-0.4, -0.2) is 31.2 Å². The van der Waals surface area contributed by atoms with Gasteiger partial charge in [0.15, 0.2) is 0 Å². The summed E-state index contributed by atoms with van der Waals surface area (Å²) in [4.78, 5) is 13.0. The number of hydrogen-bond acceptors (Lipinski definition) is 4. The fourth-order valence-corrected chi connectivity index (χ4v) is 4.06. The second-order valence-corrected chi connectivity index (χ2v) is 8.70. The van der Waals surface area contributed by atoms with Crippen molar-refractivity contribution in [2.24, 2.45) is 0 Å². The molecule has 0 radical (unpaired) electrons. The van der Waals surface area contributed by atoms with Gasteiger partial charge in [0.05, 0.1) is 27.9 Å². The number of nitrogens with zero attached hydrogens (tertiary/aromatic N) is 2. The predicted molar refractivity (Wildman–Crippen MR) is 115 cm³/mol. The third-order valence-electron chi connectivity index (χ3n) is 4.86. The Hall–Kier alpha value is -3.56. The van der Waals surface area contributed by atoms with Crippen LogP contribution in [0, 0.1) is 5.82 Å². The van der Waals surface area contributed by atoms with Gasteiger partial charge in [-0.25, -0.2) is 22.2 Å². The van der Waals surface area contributed by atoms with Crippen molar-refractivity contribution in [3.8, 4) is 5.69 Å². The van der Waals surface area contributed by atoms with Crippen molar-refractivity contribution in [3.63, 3.8) is 0 Å². The second-order valence-electron chi connectivity index (χ2n) is 6.81. The van der Waals surface area contributed by atoms with E-state index in [-0.39, 0.29) is 23.2 Å². The van der Waals surface area contributed by atoms with E-state index < -0.39 is 10.0 Å². The Morgan fingerprint density at radius 1 is 1.06 bits per heavy atom. The minimum Gasteiger partial charge on any atom is -0.348 e. The summed E-state index contributed by atoms with van der Waals surface area (Å²) in [5, 5.41) is 7.81. The number of fused-ring (bicyclic) bond motifs is 1. The third-order valence-corrected chi connectivity index (χ3v) is 6.27. The van der Waals surface area contributed by atoms with Crippen LogP contribution < -0.4 is 10.0 Å². The number of rotatable bonds is 6. The zero-order valence-electron chi connectivity index (χ0n) is 16.5. The van der Waals surface area contributed by atoms with Gasteiger partial charge in [-0.3, -0.25) is 4.79 Å². The molecule has 0 fully saturated rings. The summed E-state index contributed by atoms with van der Waals surface area (Å²) < 4.78 is 41.1. The first-order chi connectivity index (χ1) is 14.9. The topological polar surface area (TPSA) is 93.1 Å². The van der Waals surface area contributed by atoms with Gasteiger partial charge in [-0.15, -0.1) is 0 Å². The molecule has 0 saturated carbocycles. The first-order valence-corrected chi connectivity index (χ1v) is 10.9. The van der Waals surface area contributed by atoms with E-state index in [9.17, 15) is 17.6 Å². The third kappa shape index (κ3) is 4.18. The summed E-state index contributed by atoms with van der Waals surface area (Å²) in [5.74, 6) is -0.655. The lowest BCUT2D eigenvalue weighted by Crippen LogP contribution is -2.23. The molecule has 1 amide bonds. The molecule has 3 aromatic carbocycles. The van der Waals surface area contributed by atoms with Crippen molar-refractivity contribution in [2.75, 3.05) is 7.05 Å². The highest BCUT2D eigenvalue weighted by Gasteiger charge is 2.15. The van der Waals surface area contributed by atoms with Crippen molar-refractivity contribution in [2.45, 2.75) is 11.4 Å². The van der Waals surface area contributed by atoms with Gasteiger partial charge in [-0.05, 0) is 61.1 Å². The molecular weight excluding hydrogens is 419 g/mol. The van der Waals surface area contributed by atoms with Gasteiger partial charge in [-0.2, -0.15) is 5.10 Å². The molecule has 158 valence electrons. The van der Waals surface area contributed by atoms with Crippen LogP contribution in [0.15, 0.2) is 77.8 Å². The van der Waals surface area contributed by atoms with E-state index in [0.717, 1.165) is 0 Å². The van der Waals surface area contributed by atoms with Crippen LogP contribution in [0.5, 0.6) is 0 Å². The lowest BCUT2D eigenvalue weighted by Gasteiger charge is -2.09. The predicted octanol–water partition coefficient (Wildman–Crippen LogP) is 3.00. The van der Waals surface area contributed by atoms with Crippen LogP contribution in [0.25, 0.3) is 16.6 Å². The van der Waals surface area contributed by atoms with Gasteiger partial charge in [0, 0.05) is 11.9 Å². The average Bonchev–Trinajstić information content (AvgIpc) is 3.22. The molecule has 0 atom stereocenters. The molecule has 0 aliphatic carbocycles. The molecule has 4 aromatic rings. The molecule has 31 heavy (non-hydrogen) atoms. The van der Waals surface area contributed by atoms with Crippen molar-refractivity contribution in [3.05, 3.63) is 89.9 Å². The standard InChI is InChI=1S/C22H19FN4O3S/c1-24-31(29,30)18-5-2-4-15(12-18)13-25-22(28)19-6-3-7-21-20(19)14-26-27(21)17-10-8-16(23)9-11-17/h2-12,14,24H,13H2,1H3,(H,25,28). The summed E-state index contributed by atoms with van der Waals surface area (Å²) in [6, 6.07) is 17.6. The minimum absolute atomic E-state index is 0.129. The van der Waals surface area contributed by atoms with E-state index in [2.05, 4.69) is 15.1 Å². The fourth-order valence-electron chi connectivity index (χ4n) is 3.26. The van der Waals surface area contributed by atoms with Crippen molar-refractivity contribution >= 4 is 26.8 Å². The van der Waals surface area contributed by atoms with Crippen LogP contribution in [0.2, 0.25) is 0 Å². The lowest BCUT2D eigenvalue weighted by atomic mass is 10.1. The Bertz CT molecular complexity index is 1370. The average molecular weight is 438 g/mol. The molecule has 0 aliphatic rings. The van der Waals surface area contributed by atoms with E-state index in [1.807, 2.05) is 6.07 Å². The molecule has 4 rings (SSSR count). The molecule has 0 spiro atoms. The van der Waals surface area contributed by atoms with E-state index in [1.54, 1.807) is 47.3 Å². The van der Waals surface area contributed by atoms with Crippen LogP contribution in [0.3, 0.4) is 0 Å². The maximum atomic E-state index is 13.2. The molecule has 0 saturated heterocycles. The molecule has 9 heteroatoms. The van der Waals surface area contributed by atoms with Crippen LogP contribution in [0.1, 0.15) is 15.9 Å². The molecule has 2 N–H and O–H groups in total. The summed E-state index contributed by atoms with van der Waals surface area (Å²) in [6.07, 6.45) is 1.59. The Balaban J connectivity index is 1.58. The number of aromatic nitrogens is 2. The molecular formula is C22H19FN4O3S. The summed E-state index contributed by atoms with van der Waals surface area (Å²) >= 11 is 0. The first kappa shape index (κ1) is 20.7. The van der Waals surface area contributed by atoms with Gasteiger partial charge >= 0.3 is 0 Å². The zero-order chi connectivity index (χ0) is 22.0. The molecule has 0 bridgehead atoms. The van der Waals surface area contributed by atoms with Crippen molar-refractivity contribution in [1.29, 1.82) is 0 Å². The monoisotopic (exact) mass is 438 g/mol. The van der Waals surface area contributed by atoms with Crippen LogP contribution >= 0.6 is 0 Å². The Labute approximate surface area is 178 Å². The smallest absolute Gasteiger partial charge is 0.252 e. The quantitative estimate of drug-likeness (QED) is 0.484. The fraction of sp³-hybridized carbons (Fsp3) is 0.0909. The van der Waals surface area contributed by atoms with Gasteiger partial charge in [0.25, 0.3) is 5.91 Å². The SMILES string of the molecule is CNS(=O)(=O)c1cccc(CNC(=O)c2cccc3c2cnn3-c2ccc(F)cc2)c1. The number of sulfonamides is 1. The Morgan fingerprint density at radius 3 is 2.55 bits per heavy atom. The number of halogens is 1. The Morgan fingerprint density at radius 2 is 1.81 bits per heavy atom. The molecule has 0 aliphatic heterocycles. The zero-order valence-corrected chi connectivity index (χ0v) is 17.4. The van der Waals surface area contributed by atoms with Gasteiger partial charge in [-0.1, -0.05) is 18.2 Å². The number of nitrogens with one attached hydrogen (secondary N) is 2. The van der Waals surface area contributed by atoms with Crippen LogP contribution in [0.4, 0.5) is 4.39 Å². The maximum Gasteiger partial charge on any atom is 0.252 e. The van der Waals surface area contributed by atoms with E-state index in [0.29, 0.717) is 27.7 Å².